The zero-order valence-corrected chi connectivity index (χ0v) is 9.49. The van der Waals surface area contributed by atoms with E-state index in [1.54, 1.807) is 11.8 Å². The number of thioether (sulfide) groups is 2. The van der Waals surface area contributed by atoms with Crippen LogP contribution in [0.2, 0.25) is 0 Å². The Morgan fingerprint density at radius 2 is 2.40 bits per heavy atom. The van der Waals surface area contributed by atoms with Gasteiger partial charge in [-0.15, -0.1) is 11.8 Å². The van der Waals surface area contributed by atoms with Crippen LogP contribution in [0.5, 0.6) is 0 Å². The number of aromatic nitrogens is 1. The first-order chi connectivity index (χ1) is 7.35. The second kappa shape index (κ2) is 4.57. The summed E-state index contributed by atoms with van der Waals surface area (Å²) in [6.07, 6.45) is 0.964. The normalized spacial score (nSPS) is 12.9. The van der Waals surface area contributed by atoms with Crippen LogP contribution >= 0.6 is 23.5 Å². The number of hydrogen-bond donors (Lipinski definition) is 0. The number of pyridine rings is 1. The largest absolute Gasteiger partial charge is 0.244 e. The maximum atomic E-state index is 8.95. The highest BCUT2D eigenvalue weighted by Gasteiger charge is 2.16. The van der Waals surface area contributed by atoms with Crippen LogP contribution in [0.25, 0.3) is 0 Å². The van der Waals surface area contributed by atoms with E-state index < -0.39 is 0 Å². The number of rotatable bonds is 2. The molecular formula is C10H7N3S2. The summed E-state index contributed by atoms with van der Waals surface area (Å²) < 4.78 is 0. The van der Waals surface area contributed by atoms with E-state index in [9.17, 15) is 0 Å². The summed E-state index contributed by atoms with van der Waals surface area (Å²) in [6.45, 7) is 0. The molecule has 2 rings (SSSR count). The minimum absolute atomic E-state index is 0.341. The Labute approximate surface area is 96.5 Å². The maximum absolute atomic E-state index is 8.95. The van der Waals surface area contributed by atoms with Gasteiger partial charge in [-0.1, -0.05) is 11.8 Å². The fourth-order valence-electron chi connectivity index (χ4n) is 1.37. The summed E-state index contributed by atoms with van der Waals surface area (Å²) in [5.74, 6) is 1.38. The SMILES string of the molecule is N#CCSc1nc2c(cc1C#N)SCC2. The number of nitrogens with zero attached hydrogens (tertiary/aromatic N) is 3. The van der Waals surface area contributed by atoms with Crippen LogP contribution in [0.3, 0.4) is 0 Å². The molecular weight excluding hydrogens is 226 g/mol. The molecule has 0 fully saturated rings. The van der Waals surface area contributed by atoms with Crippen molar-refractivity contribution in [3.8, 4) is 12.1 Å². The zero-order valence-electron chi connectivity index (χ0n) is 7.86. The maximum Gasteiger partial charge on any atom is 0.115 e. The minimum atomic E-state index is 0.341. The first-order valence-corrected chi connectivity index (χ1v) is 6.39. The van der Waals surface area contributed by atoms with Crippen molar-refractivity contribution in [2.45, 2.75) is 16.3 Å². The quantitative estimate of drug-likeness (QED) is 0.733. The Balaban J connectivity index is 2.37. The van der Waals surface area contributed by atoms with E-state index in [1.807, 2.05) is 12.1 Å². The average Bonchev–Trinajstić information content (AvgIpc) is 2.71. The van der Waals surface area contributed by atoms with Crippen LogP contribution in [-0.2, 0) is 6.42 Å². The molecule has 0 aromatic carbocycles. The molecule has 74 valence electrons. The van der Waals surface area contributed by atoms with Crippen LogP contribution in [0.4, 0.5) is 0 Å². The third-order valence-corrected chi connectivity index (χ3v) is 3.95. The van der Waals surface area contributed by atoms with Gasteiger partial charge in [0.25, 0.3) is 0 Å². The summed E-state index contributed by atoms with van der Waals surface area (Å²) >= 11 is 3.08. The number of nitriles is 2. The van der Waals surface area contributed by atoms with Gasteiger partial charge in [0, 0.05) is 17.1 Å². The van der Waals surface area contributed by atoms with E-state index in [2.05, 4.69) is 11.1 Å². The second-order valence-corrected chi connectivity index (χ2v) is 5.04. The number of hydrogen-bond acceptors (Lipinski definition) is 5. The van der Waals surface area contributed by atoms with E-state index in [-0.39, 0.29) is 0 Å². The highest BCUT2D eigenvalue weighted by atomic mass is 32.2. The highest BCUT2D eigenvalue weighted by Crippen LogP contribution is 2.33. The van der Waals surface area contributed by atoms with Gasteiger partial charge < -0.3 is 0 Å². The van der Waals surface area contributed by atoms with Crippen LogP contribution in [0.15, 0.2) is 16.0 Å². The molecule has 5 heteroatoms. The standard InChI is InChI=1S/C10H7N3S2/c11-2-4-15-10-7(6-12)5-9-8(13-10)1-3-14-9/h5H,1,3-4H2. The Morgan fingerprint density at radius 3 is 3.13 bits per heavy atom. The fourth-order valence-corrected chi connectivity index (χ4v) is 3.03. The van der Waals surface area contributed by atoms with Gasteiger partial charge in [-0.25, -0.2) is 4.98 Å². The summed E-state index contributed by atoms with van der Waals surface area (Å²) in [4.78, 5) is 5.55. The molecule has 1 aliphatic rings. The molecule has 3 nitrogen and oxygen atoms in total. The molecule has 0 amide bonds. The molecule has 0 N–H and O–H groups in total. The lowest BCUT2D eigenvalue weighted by molar-refractivity contribution is 0.948. The van der Waals surface area contributed by atoms with Gasteiger partial charge in [0.15, 0.2) is 0 Å². The van der Waals surface area contributed by atoms with Gasteiger partial charge in [0.2, 0.25) is 0 Å². The molecule has 0 spiro atoms. The lowest BCUT2D eigenvalue weighted by atomic mass is 10.2. The second-order valence-electron chi connectivity index (χ2n) is 2.94. The molecule has 1 aromatic rings. The third-order valence-electron chi connectivity index (χ3n) is 2.02. The number of aryl methyl sites for hydroxylation is 1. The van der Waals surface area contributed by atoms with Crippen molar-refractivity contribution in [1.82, 2.24) is 4.98 Å². The monoisotopic (exact) mass is 233 g/mol. The molecule has 0 bridgehead atoms. The highest BCUT2D eigenvalue weighted by molar-refractivity contribution is 8.00. The van der Waals surface area contributed by atoms with Crippen molar-refractivity contribution in [2.24, 2.45) is 0 Å². The molecule has 1 aromatic heterocycles. The molecule has 0 radical (unpaired) electrons. The summed E-state index contributed by atoms with van der Waals surface area (Å²) in [6, 6.07) is 6.06. The predicted octanol–water partition coefficient (Wildman–Crippen LogP) is 2.22. The molecule has 0 atom stereocenters. The Bertz CT molecular complexity index is 471. The molecule has 1 aliphatic heterocycles. The summed E-state index contributed by atoms with van der Waals surface area (Å²) in [5.41, 5.74) is 1.66. The third kappa shape index (κ3) is 2.09. The molecule has 0 unspecified atom stereocenters. The minimum Gasteiger partial charge on any atom is -0.244 e. The van der Waals surface area contributed by atoms with Gasteiger partial charge in [0.1, 0.15) is 11.1 Å². The van der Waals surface area contributed by atoms with Crippen molar-refractivity contribution < 1.29 is 0 Å². The average molecular weight is 233 g/mol. The van der Waals surface area contributed by atoms with Gasteiger partial charge in [-0.3, -0.25) is 0 Å². The van der Waals surface area contributed by atoms with E-state index >= 15 is 0 Å². The topological polar surface area (TPSA) is 60.5 Å². The van der Waals surface area contributed by atoms with Crippen molar-refractivity contribution in [3.05, 3.63) is 17.3 Å². The molecule has 0 saturated carbocycles. The van der Waals surface area contributed by atoms with Crippen LogP contribution in [0, 0.1) is 22.7 Å². The van der Waals surface area contributed by atoms with Gasteiger partial charge in [-0.05, 0) is 6.07 Å². The van der Waals surface area contributed by atoms with Gasteiger partial charge in [-0.2, -0.15) is 10.5 Å². The molecule has 2 heterocycles. The fraction of sp³-hybridized carbons (Fsp3) is 0.300. The van der Waals surface area contributed by atoms with E-state index in [4.69, 9.17) is 10.5 Å². The van der Waals surface area contributed by atoms with Gasteiger partial charge in [0.05, 0.1) is 23.1 Å². The Hall–Kier alpha value is -1.17. The van der Waals surface area contributed by atoms with E-state index in [0.717, 1.165) is 22.8 Å². The van der Waals surface area contributed by atoms with Crippen molar-refractivity contribution in [1.29, 1.82) is 10.5 Å². The van der Waals surface area contributed by atoms with Crippen molar-refractivity contribution >= 4 is 23.5 Å². The predicted molar refractivity (Wildman–Crippen MR) is 59.7 cm³/mol. The van der Waals surface area contributed by atoms with Gasteiger partial charge >= 0.3 is 0 Å². The lowest BCUT2D eigenvalue weighted by Gasteiger charge is -2.03. The lowest BCUT2D eigenvalue weighted by Crippen LogP contribution is -1.94. The smallest absolute Gasteiger partial charge is 0.115 e. The van der Waals surface area contributed by atoms with E-state index in [0.29, 0.717) is 16.3 Å². The van der Waals surface area contributed by atoms with Crippen LogP contribution < -0.4 is 0 Å². The van der Waals surface area contributed by atoms with Crippen molar-refractivity contribution in [3.63, 3.8) is 0 Å². The van der Waals surface area contributed by atoms with Crippen molar-refractivity contribution in [2.75, 3.05) is 11.5 Å². The Morgan fingerprint density at radius 1 is 1.53 bits per heavy atom. The molecule has 0 saturated heterocycles. The summed E-state index contributed by atoms with van der Waals surface area (Å²) in [7, 11) is 0. The first-order valence-electron chi connectivity index (χ1n) is 4.41. The molecule has 15 heavy (non-hydrogen) atoms. The van der Waals surface area contributed by atoms with Crippen LogP contribution in [-0.4, -0.2) is 16.5 Å². The van der Waals surface area contributed by atoms with Crippen LogP contribution in [0.1, 0.15) is 11.3 Å². The summed E-state index contributed by atoms with van der Waals surface area (Å²) in [5, 5.41) is 18.1. The zero-order chi connectivity index (χ0) is 10.7. The first kappa shape index (κ1) is 10.4. The van der Waals surface area contributed by atoms with E-state index in [1.165, 1.54) is 11.8 Å². The molecule has 0 aliphatic carbocycles. The number of fused-ring (bicyclic) bond motifs is 1. The Kier molecular flexibility index (Phi) is 3.15.